The second kappa shape index (κ2) is 5.83. The van der Waals surface area contributed by atoms with Crippen LogP contribution in [-0.2, 0) is 4.79 Å². The van der Waals surface area contributed by atoms with Gasteiger partial charge in [0, 0.05) is 45.4 Å². The summed E-state index contributed by atoms with van der Waals surface area (Å²) >= 11 is 0. The van der Waals surface area contributed by atoms with Gasteiger partial charge in [-0.2, -0.15) is 0 Å². The van der Waals surface area contributed by atoms with Crippen molar-refractivity contribution in [3.63, 3.8) is 0 Å². The fourth-order valence-corrected chi connectivity index (χ4v) is 3.29. The third-order valence-corrected chi connectivity index (χ3v) is 4.38. The molecule has 1 saturated carbocycles. The lowest BCUT2D eigenvalue weighted by molar-refractivity contribution is -0.142. The molecule has 1 amide bonds. The van der Waals surface area contributed by atoms with Crippen molar-refractivity contribution in [1.82, 2.24) is 9.80 Å². The maximum absolute atomic E-state index is 12.4. The van der Waals surface area contributed by atoms with Crippen molar-refractivity contribution in [1.29, 1.82) is 0 Å². The lowest BCUT2D eigenvalue weighted by atomic mass is 9.83. The fourth-order valence-electron chi connectivity index (χ4n) is 3.29. The van der Waals surface area contributed by atoms with Crippen LogP contribution in [-0.4, -0.2) is 62.2 Å². The van der Waals surface area contributed by atoms with Crippen molar-refractivity contribution in [2.75, 3.05) is 34.2 Å². The minimum atomic E-state index is 0.223. The monoisotopic (exact) mass is 251 g/mol. The molecular formula is C14H25N3O. The predicted molar refractivity (Wildman–Crippen MR) is 73.9 cm³/mol. The first-order valence-electron chi connectivity index (χ1n) is 7.01. The summed E-state index contributed by atoms with van der Waals surface area (Å²) in [6.45, 7) is 1.84. The molecule has 0 aromatic carbocycles. The molecule has 1 aliphatic heterocycles. The molecule has 2 fully saturated rings. The van der Waals surface area contributed by atoms with Gasteiger partial charge in [0.05, 0.1) is 5.92 Å². The van der Waals surface area contributed by atoms with Gasteiger partial charge in [-0.25, -0.2) is 0 Å². The van der Waals surface area contributed by atoms with E-state index in [9.17, 15) is 4.79 Å². The fraction of sp³-hybridized carbons (Fsp3) is 0.857. The molecule has 2 rings (SSSR count). The van der Waals surface area contributed by atoms with Gasteiger partial charge in [-0.1, -0.05) is 12.8 Å². The number of hydrogen-bond acceptors (Lipinski definition) is 3. The number of hydrogen-bond donors (Lipinski definition) is 0. The Morgan fingerprint density at radius 3 is 2.61 bits per heavy atom. The summed E-state index contributed by atoms with van der Waals surface area (Å²) in [5.74, 6) is 1.01. The van der Waals surface area contributed by atoms with Crippen molar-refractivity contribution < 1.29 is 4.79 Å². The first kappa shape index (κ1) is 13.5. The Morgan fingerprint density at radius 1 is 1.33 bits per heavy atom. The van der Waals surface area contributed by atoms with Crippen LogP contribution in [0.25, 0.3) is 0 Å². The number of likely N-dealkylation sites (tertiary alicyclic amines) is 1. The first-order chi connectivity index (χ1) is 8.63. The summed E-state index contributed by atoms with van der Waals surface area (Å²) in [5.41, 5.74) is 0. The van der Waals surface area contributed by atoms with E-state index < -0.39 is 0 Å². The van der Waals surface area contributed by atoms with Crippen LogP contribution in [0.1, 0.15) is 25.7 Å². The van der Waals surface area contributed by atoms with Crippen molar-refractivity contribution >= 4 is 12.1 Å². The highest BCUT2D eigenvalue weighted by Gasteiger charge is 2.36. The van der Waals surface area contributed by atoms with E-state index in [1.165, 1.54) is 19.3 Å². The minimum absolute atomic E-state index is 0.223. The van der Waals surface area contributed by atoms with Crippen molar-refractivity contribution in [2.24, 2.45) is 16.8 Å². The van der Waals surface area contributed by atoms with Gasteiger partial charge in [0.15, 0.2) is 0 Å². The standard InChI is InChI=1S/C14H25N3O/c1-15-8-11-6-4-5-7-13(11)17(3)14(18)12-9-16(2)10-12/h8,11-13H,4-7,9-10H2,1-3H3/t11?,13-/m0/s1. The molecule has 2 aliphatic rings. The maximum atomic E-state index is 12.4. The summed E-state index contributed by atoms with van der Waals surface area (Å²) in [4.78, 5) is 20.7. The zero-order valence-corrected chi connectivity index (χ0v) is 11.8. The Bertz CT molecular complexity index is 323. The number of carbonyl (C=O) groups is 1. The molecule has 1 saturated heterocycles. The summed E-state index contributed by atoms with van der Waals surface area (Å²) in [7, 11) is 5.87. The molecule has 4 nitrogen and oxygen atoms in total. The molecule has 0 N–H and O–H groups in total. The predicted octanol–water partition coefficient (Wildman–Crippen LogP) is 1.27. The van der Waals surface area contributed by atoms with Gasteiger partial charge in [-0.15, -0.1) is 0 Å². The minimum Gasteiger partial charge on any atom is -0.342 e. The molecule has 2 atom stereocenters. The number of aliphatic imine (C=N–C) groups is 1. The van der Waals surface area contributed by atoms with Crippen LogP contribution in [0.15, 0.2) is 4.99 Å². The van der Waals surface area contributed by atoms with Crippen LogP contribution in [0.2, 0.25) is 0 Å². The Morgan fingerprint density at radius 2 is 2.00 bits per heavy atom. The zero-order chi connectivity index (χ0) is 13.1. The van der Waals surface area contributed by atoms with Crippen LogP contribution < -0.4 is 0 Å². The third kappa shape index (κ3) is 2.74. The van der Waals surface area contributed by atoms with Gasteiger partial charge >= 0.3 is 0 Å². The smallest absolute Gasteiger partial charge is 0.228 e. The Kier molecular flexibility index (Phi) is 4.38. The largest absolute Gasteiger partial charge is 0.342 e. The lowest BCUT2D eigenvalue weighted by Crippen LogP contribution is -2.55. The van der Waals surface area contributed by atoms with Gasteiger partial charge in [-0.3, -0.25) is 4.79 Å². The molecule has 1 unspecified atom stereocenters. The highest BCUT2D eigenvalue weighted by molar-refractivity contribution is 5.81. The van der Waals surface area contributed by atoms with Crippen molar-refractivity contribution in [3.8, 4) is 0 Å². The third-order valence-electron chi connectivity index (χ3n) is 4.38. The van der Waals surface area contributed by atoms with E-state index in [4.69, 9.17) is 0 Å². The topological polar surface area (TPSA) is 35.9 Å². The van der Waals surface area contributed by atoms with E-state index in [2.05, 4.69) is 16.9 Å². The Labute approximate surface area is 110 Å². The number of nitrogens with zero attached hydrogens (tertiary/aromatic N) is 3. The van der Waals surface area contributed by atoms with Gasteiger partial charge in [0.1, 0.15) is 0 Å². The quantitative estimate of drug-likeness (QED) is 0.708. The molecular weight excluding hydrogens is 226 g/mol. The van der Waals surface area contributed by atoms with Crippen LogP contribution in [0, 0.1) is 11.8 Å². The zero-order valence-electron chi connectivity index (χ0n) is 11.8. The van der Waals surface area contributed by atoms with E-state index in [0.717, 1.165) is 19.5 Å². The molecule has 4 heteroatoms. The van der Waals surface area contributed by atoms with E-state index in [0.29, 0.717) is 17.9 Å². The molecule has 1 aliphatic carbocycles. The lowest BCUT2D eigenvalue weighted by Gasteiger charge is -2.42. The molecule has 102 valence electrons. The van der Waals surface area contributed by atoms with Gasteiger partial charge < -0.3 is 14.8 Å². The molecule has 0 radical (unpaired) electrons. The van der Waals surface area contributed by atoms with E-state index in [-0.39, 0.29) is 5.92 Å². The molecule has 0 bridgehead atoms. The summed E-state index contributed by atoms with van der Waals surface area (Å²) in [6.07, 6.45) is 6.84. The average molecular weight is 251 g/mol. The van der Waals surface area contributed by atoms with Crippen LogP contribution in [0.3, 0.4) is 0 Å². The molecule has 18 heavy (non-hydrogen) atoms. The summed E-state index contributed by atoms with van der Waals surface area (Å²) < 4.78 is 0. The van der Waals surface area contributed by atoms with E-state index in [1.54, 1.807) is 0 Å². The Balaban J connectivity index is 1.97. The normalized spacial score (nSPS) is 30.4. The summed E-state index contributed by atoms with van der Waals surface area (Å²) in [5, 5.41) is 0. The highest BCUT2D eigenvalue weighted by Crippen LogP contribution is 2.28. The average Bonchev–Trinajstić information content (AvgIpc) is 2.34. The van der Waals surface area contributed by atoms with Crippen molar-refractivity contribution in [2.45, 2.75) is 31.7 Å². The number of rotatable bonds is 3. The molecule has 0 aromatic heterocycles. The van der Waals surface area contributed by atoms with Crippen LogP contribution >= 0.6 is 0 Å². The SMILES string of the molecule is CN=CC1CCCC[C@@H]1N(C)C(=O)C1CN(C)C1. The second-order valence-electron chi connectivity index (χ2n) is 5.79. The van der Waals surface area contributed by atoms with Gasteiger partial charge in [0.2, 0.25) is 5.91 Å². The molecule has 0 aromatic rings. The van der Waals surface area contributed by atoms with Crippen LogP contribution in [0.4, 0.5) is 0 Å². The van der Waals surface area contributed by atoms with Gasteiger partial charge in [-0.05, 0) is 19.9 Å². The van der Waals surface area contributed by atoms with E-state index >= 15 is 0 Å². The van der Waals surface area contributed by atoms with Crippen LogP contribution in [0.5, 0.6) is 0 Å². The molecule has 0 spiro atoms. The van der Waals surface area contributed by atoms with Crippen molar-refractivity contribution in [3.05, 3.63) is 0 Å². The molecule has 1 heterocycles. The first-order valence-corrected chi connectivity index (χ1v) is 7.01. The highest BCUT2D eigenvalue weighted by atomic mass is 16.2. The number of amides is 1. The number of carbonyl (C=O) groups excluding carboxylic acids is 1. The second-order valence-corrected chi connectivity index (χ2v) is 5.79. The van der Waals surface area contributed by atoms with Gasteiger partial charge in [0.25, 0.3) is 0 Å². The maximum Gasteiger partial charge on any atom is 0.228 e. The summed E-state index contributed by atoms with van der Waals surface area (Å²) in [6, 6.07) is 0.362. The Hall–Kier alpha value is -0.900. The van der Waals surface area contributed by atoms with E-state index in [1.807, 2.05) is 25.2 Å².